The van der Waals surface area contributed by atoms with Gasteiger partial charge in [0.1, 0.15) is 0 Å². The number of carbonyl (C=O) groups is 1. The average Bonchev–Trinajstić information content (AvgIpc) is 2.48. The zero-order valence-electron chi connectivity index (χ0n) is 7.08. The maximum Gasteiger partial charge on any atom is 0.224 e. The van der Waals surface area contributed by atoms with Crippen LogP contribution in [0.2, 0.25) is 0 Å². The van der Waals surface area contributed by atoms with Gasteiger partial charge in [0.2, 0.25) is 5.91 Å². The molecular weight excluding hydrogens is 160 g/mol. The predicted octanol–water partition coefficient (Wildman–Crippen LogP) is -1.32. The molecule has 0 radical (unpaired) electrons. The third kappa shape index (κ3) is 2.17. The largest absolute Gasteiger partial charge is 0.379 e. The Kier molecular flexibility index (Phi) is 3.46. The van der Waals surface area contributed by atoms with Crippen LogP contribution in [-0.4, -0.2) is 39.0 Å². The summed E-state index contributed by atoms with van der Waals surface area (Å²) < 4.78 is 9.92. The molecule has 0 bridgehead atoms. The standard InChI is InChI=1S/C7H14N2O3/c1-11-4-9-6-3-12-2-5(6)7(8)10/h5-6,9H,2-4H2,1H3,(H2,8,10)/t5-,6+/m0/s1. The molecule has 12 heavy (non-hydrogen) atoms. The molecule has 1 rings (SSSR count). The minimum absolute atomic E-state index is 0.00227. The van der Waals surface area contributed by atoms with Crippen LogP contribution >= 0.6 is 0 Å². The summed E-state index contributed by atoms with van der Waals surface area (Å²) >= 11 is 0. The molecule has 2 atom stereocenters. The minimum Gasteiger partial charge on any atom is -0.379 e. The first-order valence-corrected chi connectivity index (χ1v) is 3.85. The Morgan fingerprint density at radius 1 is 1.75 bits per heavy atom. The predicted molar refractivity (Wildman–Crippen MR) is 42.3 cm³/mol. The lowest BCUT2D eigenvalue weighted by Crippen LogP contribution is -2.42. The summed E-state index contributed by atoms with van der Waals surface area (Å²) in [4.78, 5) is 10.8. The maximum atomic E-state index is 10.8. The van der Waals surface area contributed by atoms with E-state index in [4.69, 9.17) is 15.2 Å². The van der Waals surface area contributed by atoms with Gasteiger partial charge in [0.15, 0.2) is 0 Å². The van der Waals surface area contributed by atoms with Crippen molar-refractivity contribution in [1.29, 1.82) is 0 Å². The third-order valence-corrected chi connectivity index (χ3v) is 1.94. The van der Waals surface area contributed by atoms with Crippen LogP contribution in [0.3, 0.4) is 0 Å². The van der Waals surface area contributed by atoms with Gasteiger partial charge in [-0.15, -0.1) is 0 Å². The molecule has 0 unspecified atom stereocenters. The molecule has 5 nitrogen and oxygen atoms in total. The Morgan fingerprint density at radius 3 is 3.08 bits per heavy atom. The topological polar surface area (TPSA) is 73.6 Å². The SMILES string of the molecule is COCN[C@@H]1COC[C@@H]1C(N)=O. The van der Waals surface area contributed by atoms with Gasteiger partial charge in [-0.1, -0.05) is 0 Å². The van der Waals surface area contributed by atoms with Gasteiger partial charge in [-0.05, 0) is 0 Å². The monoisotopic (exact) mass is 174 g/mol. The first kappa shape index (κ1) is 9.44. The van der Waals surface area contributed by atoms with Crippen LogP contribution in [-0.2, 0) is 14.3 Å². The van der Waals surface area contributed by atoms with E-state index < -0.39 is 0 Å². The second kappa shape index (κ2) is 4.39. The highest BCUT2D eigenvalue weighted by Gasteiger charge is 2.31. The summed E-state index contributed by atoms with van der Waals surface area (Å²) in [5.74, 6) is -0.541. The Morgan fingerprint density at radius 2 is 2.50 bits per heavy atom. The number of carbonyl (C=O) groups excluding carboxylic acids is 1. The van der Waals surface area contributed by atoms with Crippen molar-refractivity contribution < 1.29 is 14.3 Å². The average molecular weight is 174 g/mol. The highest BCUT2D eigenvalue weighted by Crippen LogP contribution is 2.12. The molecule has 3 N–H and O–H groups in total. The molecule has 0 saturated carbocycles. The molecule has 0 aromatic rings. The van der Waals surface area contributed by atoms with E-state index in [-0.39, 0.29) is 17.9 Å². The van der Waals surface area contributed by atoms with Crippen molar-refractivity contribution in [3.05, 3.63) is 0 Å². The molecular formula is C7H14N2O3. The Hall–Kier alpha value is -0.650. The van der Waals surface area contributed by atoms with E-state index >= 15 is 0 Å². The van der Waals surface area contributed by atoms with Crippen LogP contribution in [0.25, 0.3) is 0 Å². The van der Waals surface area contributed by atoms with Crippen LogP contribution in [0.15, 0.2) is 0 Å². The number of hydrogen-bond acceptors (Lipinski definition) is 4. The van der Waals surface area contributed by atoms with Gasteiger partial charge in [-0.2, -0.15) is 0 Å². The highest BCUT2D eigenvalue weighted by atomic mass is 16.5. The van der Waals surface area contributed by atoms with Gasteiger partial charge in [-0.25, -0.2) is 0 Å². The van der Waals surface area contributed by atoms with E-state index in [0.29, 0.717) is 19.9 Å². The lowest BCUT2D eigenvalue weighted by atomic mass is 10.0. The quantitative estimate of drug-likeness (QED) is 0.518. The highest BCUT2D eigenvalue weighted by molar-refractivity contribution is 5.77. The Bertz CT molecular complexity index is 163. The number of amides is 1. The lowest BCUT2D eigenvalue weighted by Gasteiger charge is -2.14. The van der Waals surface area contributed by atoms with Gasteiger partial charge in [0.25, 0.3) is 0 Å². The molecule has 1 fully saturated rings. The zero-order valence-corrected chi connectivity index (χ0v) is 7.08. The van der Waals surface area contributed by atoms with Gasteiger partial charge in [-0.3, -0.25) is 10.1 Å². The molecule has 0 aromatic carbocycles. The summed E-state index contributed by atoms with van der Waals surface area (Å²) in [5.41, 5.74) is 5.16. The Balaban J connectivity index is 2.35. The van der Waals surface area contributed by atoms with E-state index in [2.05, 4.69) is 5.32 Å². The van der Waals surface area contributed by atoms with E-state index in [0.717, 1.165) is 0 Å². The van der Waals surface area contributed by atoms with Gasteiger partial charge in [0.05, 0.1) is 25.9 Å². The van der Waals surface area contributed by atoms with Crippen LogP contribution in [0.4, 0.5) is 0 Å². The van der Waals surface area contributed by atoms with Crippen LogP contribution < -0.4 is 11.1 Å². The summed E-state index contributed by atoms with van der Waals surface area (Å²) in [5, 5.41) is 3.01. The number of nitrogens with one attached hydrogen (secondary N) is 1. The summed E-state index contributed by atoms with van der Waals surface area (Å²) in [7, 11) is 1.59. The Labute approximate surface area is 71.2 Å². The van der Waals surface area contributed by atoms with E-state index in [1.54, 1.807) is 7.11 Å². The van der Waals surface area contributed by atoms with Crippen molar-refractivity contribution in [2.45, 2.75) is 6.04 Å². The van der Waals surface area contributed by atoms with E-state index in [9.17, 15) is 4.79 Å². The fourth-order valence-electron chi connectivity index (χ4n) is 1.23. The van der Waals surface area contributed by atoms with Crippen molar-refractivity contribution in [3.8, 4) is 0 Å². The fourth-order valence-corrected chi connectivity index (χ4v) is 1.23. The summed E-state index contributed by atoms with van der Waals surface area (Å²) in [6, 6.07) is 0.00227. The van der Waals surface area contributed by atoms with Crippen molar-refractivity contribution in [3.63, 3.8) is 0 Å². The molecule has 1 aliphatic rings. The van der Waals surface area contributed by atoms with Crippen LogP contribution in [0.1, 0.15) is 0 Å². The van der Waals surface area contributed by atoms with Gasteiger partial charge < -0.3 is 15.2 Å². The third-order valence-electron chi connectivity index (χ3n) is 1.94. The molecule has 0 aliphatic carbocycles. The molecule has 1 amide bonds. The van der Waals surface area contributed by atoms with Crippen molar-refractivity contribution >= 4 is 5.91 Å². The van der Waals surface area contributed by atoms with Crippen LogP contribution in [0, 0.1) is 5.92 Å². The zero-order chi connectivity index (χ0) is 8.97. The summed E-state index contributed by atoms with van der Waals surface area (Å²) in [6.45, 7) is 1.35. The van der Waals surface area contributed by atoms with E-state index in [1.165, 1.54) is 0 Å². The number of rotatable bonds is 4. The summed E-state index contributed by atoms with van der Waals surface area (Å²) in [6.07, 6.45) is 0. The molecule has 70 valence electrons. The second-order valence-corrected chi connectivity index (χ2v) is 2.79. The number of methoxy groups -OCH3 is 1. The number of nitrogens with two attached hydrogens (primary N) is 1. The number of ether oxygens (including phenoxy) is 2. The minimum atomic E-state index is -0.318. The van der Waals surface area contributed by atoms with E-state index in [1.807, 2.05) is 0 Å². The number of primary amides is 1. The van der Waals surface area contributed by atoms with Gasteiger partial charge in [0, 0.05) is 13.2 Å². The normalized spacial score (nSPS) is 29.1. The lowest BCUT2D eigenvalue weighted by molar-refractivity contribution is -0.122. The number of hydrogen-bond donors (Lipinski definition) is 2. The smallest absolute Gasteiger partial charge is 0.224 e. The molecule has 0 aromatic heterocycles. The molecule has 1 saturated heterocycles. The fraction of sp³-hybridized carbons (Fsp3) is 0.857. The van der Waals surface area contributed by atoms with Crippen molar-refractivity contribution in [1.82, 2.24) is 5.32 Å². The second-order valence-electron chi connectivity index (χ2n) is 2.79. The molecule has 0 spiro atoms. The van der Waals surface area contributed by atoms with Crippen molar-refractivity contribution in [2.24, 2.45) is 11.7 Å². The molecule has 1 heterocycles. The first-order chi connectivity index (χ1) is 5.75. The molecule has 5 heteroatoms. The first-order valence-electron chi connectivity index (χ1n) is 3.85. The molecule has 1 aliphatic heterocycles. The van der Waals surface area contributed by atoms with Crippen LogP contribution in [0.5, 0.6) is 0 Å². The van der Waals surface area contributed by atoms with Gasteiger partial charge >= 0.3 is 0 Å². The van der Waals surface area contributed by atoms with Crippen molar-refractivity contribution in [2.75, 3.05) is 27.1 Å². The maximum absolute atomic E-state index is 10.8.